The van der Waals surface area contributed by atoms with E-state index in [2.05, 4.69) is 25.5 Å². The van der Waals surface area contributed by atoms with Crippen molar-refractivity contribution in [3.05, 3.63) is 66.0 Å². The third-order valence-electron chi connectivity index (χ3n) is 4.16. The van der Waals surface area contributed by atoms with Crippen molar-refractivity contribution < 1.29 is 13.2 Å². The van der Waals surface area contributed by atoms with Gasteiger partial charge in [0.1, 0.15) is 5.82 Å². The molecule has 2 N–H and O–H groups in total. The van der Waals surface area contributed by atoms with E-state index in [-0.39, 0.29) is 11.5 Å². The summed E-state index contributed by atoms with van der Waals surface area (Å²) in [6.07, 6.45) is 0.881. The van der Waals surface area contributed by atoms with Crippen LogP contribution in [0, 0.1) is 17.5 Å². The zero-order valence-corrected chi connectivity index (χ0v) is 16.2. The van der Waals surface area contributed by atoms with E-state index >= 15 is 0 Å². The Morgan fingerprint density at radius 1 is 0.931 bits per heavy atom. The second-order valence-electron chi connectivity index (χ2n) is 6.76. The molecule has 1 aromatic heterocycles. The standard InChI is InChI=1S/C21H22F3N5/c1-29(2)12-6-11-25-21-27-17(14-7-4-3-5-8-14)13-18(28-21)26-16-10-9-15(22)19(23)20(16)24/h3-5,7-10,13H,6,11-12H2,1-2H3,(H2,25,26,27,28). The number of halogens is 3. The molecule has 0 saturated heterocycles. The van der Waals surface area contributed by atoms with Crippen LogP contribution in [0.2, 0.25) is 0 Å². The largest absolute Gasteiger partial charge is 0.354 e. The predicted molar refractivity (Wildman–Crippen MR) is 109 cm³/mol. The highest BCUT2D eigenvalue weighted by atomic mass is 19.2. The molecule has 0 spiro atoms. The van der Waals surface area contributed by atoms with Gasteiger partial charge in [0.2, 0.25) is 5.95 Å². The number of anilines is 3. The van der Waals surface area contributed by atoms with Crippen molar-refractivity contribution >= 4 is 17.5 Å². The SMILES string of the molecule is CN(C)CCCNc1nc(Nc2ccc(F)c(F)c2F)cc(-c2ccccc2)n1. The summed E-state index contributed by atoms with van der Waals surface area (Å²) in [4.78, 5) is 10.9. The molecule has 0 aliphatic heterocycles. The quantitative estimate of drug-likeness (QED) is 0.424. The summed E-state index contributed by atoms with van der Waals surface area (Å²) < 4.78 is 40.8. The molecule has 5 nitrogen and oxygen atoms in total. The molecule has 0 bridgehead atoms. The van der Waals surface area contributed by atoms with E-state index < -0.39 is 17.5 Å². The number of nitrogens with zero attached hydrogens (tertiary/aromatic N) is 3. The van der Waals surface area contributed by atoms with Crippen molar-refractivity contribution in [3.8, 4) is 11.3 Å². The lowest BCUT2D eigenvalue weighted by Gasteiger charge is -2.13. The van der Waals surface area contributed by atoms with Crippen LogP contribution >= 0.6 is 0 Å². The molecule has 8 heteroatoms. The van der Waals surface area contributed by atoms with Gasteiger partial charge in [0, 0.05) is 18.2 Å². The van der Waals surface area contributed by atoms with Gasteiger partial charge in [-0.2, -0.15) is 4.98 Å². The maximum atomic E-state index is 14.1. The highest BCUT2D eigenvalue weighted by molar-refractivity contribution is 5.67. The van der Waals surface area contributed by atoms with Gasteiger partial charge < -0.3 is 15.5 Å². The van der Waals surface area contributed by atoms with Crippen molar-refractivity contribution in [3.63, 3.8) is 0 Å². The Balaban J connectivity index is 1.89. The summed E-state index contributed by atoms with van der Waals surface area (Å²) in [5, 5.41) is 5.87. The fourth-order valence-electron chi connectivity index (χ4n) is 2.70. The number of hydrogen-bond donors (Lipinski definition) is 2. The van der Waals surface area contributed by atoms with Gasteiger partial charge in [-0.1, -0.05) is 30.3 Å². The Kier molecular flexibility index (Phi) is 6.66. The second-order valence-corrected chi connectivity index (χ2v) is 6.76. The van der Waals surface area contributed by atoms with Crippen LogP contribution in [-0.4, -0.2) is 42.1 Å². The molecule has 3 aromatic rings. The fourth-order valence-corrected chi connectivity index (χ4v) is 2.70. The Hall–Kier alpha value is -3.13. The van der Waals surface area contributed by atoms with E-state index in [0.29, 0.717) is 18.2 Å². The lowest BCUT2D eigenvalue weighted by molar-refractivity contribution is 0.405. The molecule has 0 fully saturated rings. The summed E-state index contributed by atoms with van der Waals surface area (Å²) in [6.45, 7) is 1.55. The van der Waals surface area contributed by atoms with Crippen LogP contribution in [-0.2, 0) is 0 Å². The molecule has 0 unspecified atom stereocenters. The highest BCUT2D eigenvalue weighted by Gasteiger charge is 2.15. The Bertz CT molecular complexity index is 964. The van der Waals surface area contributed by atoms with Crippen molar-refractivity contribution in [2.75, 3.05) is 37.8 Å². The summed E-state index contributed by atoms with van der Waals surface area (Å²) in [6, 6.07) is 13.0. The minimum Gasteiger partial charge on any atom is -0.354 e. The van der Waals surface area contributed by atoms with Crippen molar-refractivity contribution in [2.24, 2.45) is 0 Å². The average Bonchev–Trinajstić information content (AvgIpc) is 2.72. The third-order valence-corrected chi connectivity index (χ3v) is 4.16. The molecule has 152 valence electrons. The normalized spacial score (nSPS) is 11.0. The first kappa shape index (κ1) is 20.6. The predicted octanol–water partition coefficient (Wildman–Crippen LogP) is 4.67. The van der Waals surface area contributed by atoms with Gasteiger partial charge in [-0.3, -0.25) is 0 Å². The smallest absolute Gasteiger partial charge is 0.225 e. The molecule has 1 heterocycles. The molecule has 0 aliphatic carbocycles. The van der Waals surface area contributed by atoms with E-state index in [1.807, 2.05) is 44.4 Å². The lowest BCUT2D eigenvalue weighted by Crippen LogP contribution is -2.17. The molecule has 0 amide bonds. The van der Waals surface area contributed by atoms with Crippen LogP contribution in [0.25, 0.3) is 11.3 Å². The molecule has 0 atom stereocenters. The Morgan fingerprint density at radius 2 is 1.69 bits per heavy atom. The van der Waals surface area contributed by atoms with E-state index in [9.17, 15) is 13.2 Å². The van der Waals surface area contributed by atoms with Crippen LogP contribution in [0.4, 0.5) is 30.6 Å². The van der Waals surface area contributed by atoms with E-state index in [4.69, 9.17) is 0 Å². The number of rotatable bonds is 8. The Labute approximate surface area is 167 Å². The molecule has 0 aliphatic rings. The van der Waals surface area contributed by atoms with E-state index in [1.165, 1.54) is 0 Å². The number of aromatic nitrogens is 2. The van der Waals surface area contributed by atoms with E-state index in [1.54, 1.807) is 6.07 Å². The van der Waals surface area contributed by atoms with Crippen LogP contribution < -0.4 is 10.6 Å². The first-order chi connectivity index (χ1) is 13.9. The fraction of sp³-hybridized carbons (Fsp3) is 0.238. The number of nitrogens with one attached hydrogen (secondary N) is 2. The maximum absolute atomic E-state index is 14.1. The zero-order valence-electron chi connectivity index (χ0n) is 16.2. The van der Waals surface area contributed by atoms with Gasteiger partial charge >= 0.3 is 0 Å². The van der Waals surface area contributed by atoms with Crippen molar-refractivity contribution in [1.82, 2.24) is 14.9 Å². The summed E-state index contributed by atoms with van der Waals surface area (Å²) >= 11 is 0. The molecule has 29 heavy (non-hydrogen) atoms. The molecule has 0 radical (unpaired) electrons. The minimum absolute atomic E-state index is 0.208. The van der Waals surface area contributed by atoms with Gasteiger partial charge in [0.25, 0.3) is 0 Å². The van der Waals surface area contributed by atoms with Crippen molar-refractivity contribution in [1.29, 1.82) is 0 Å². The van der Waals surface area contributed by atoms with Crippen LogP contribution in [0.1, 0.15) is 6.42 Å². The average molecular weight is 401 g/mol. The topological polar surface area (TPSA) is 53.1 Å². The number of benzene rings is 2. The molecular weight excluding hydrogens is 379 g/mol. The summed E-state index contributed by atoms with van der Waals surface area (Å²) in [5.74, 6) is -3.46. The second kappa shape index (κ2) is 9.38. The Morgan fingerprint density at radius 3 is 2.41 bits per heavy atom. The van der Waals surface area contributed by atoms with Gasteiger partial charge in [-0.05, 0) is 39.2 Å². The lowest BCUT2D eigenvalue weighted by atomic mass is 10.1. The van der Waals surface area contributed by atoms with E-state index in [0.717, 1.165) is 30.7 Å². The summed E-state index contributed by atoms with van der Waals surface area (Å²) in [7, 11) is 3.98. The molecule has 2 aromatic carbocycles. The molecule has 3 rings (SSSR count). The van der Waals surface area contributed by atoms with Gasteiger partial charge in [-0.25, -0.2) is 18.2 Å². The first-order valence-corrected chi connectivity index (χ1v) is 9.17. The van der Waals surface area contributed by atoms with Gasteiger partial charge in [0.15, 0.2) is 17.5 Å². The van der Waals surface area contributed by atoms with Gasteiger partial charge in [0.05, 0.1) is 11.4 Å². The minimum atomic E-state index is -1.53. The van der Waals surface area contributed by atoms with Crippen LogP contribution in [0.3, 0.4) is 0 Å². The summed E-state index contributed by atoms with van der Waals surface area (Å²) in [5.41, 5.74) is 1.25. The maximum Gasteiger partial charge on any atom is 0.225 e. The first-order valence-electron chi connectivity index (χ1n) is 9.17. The monoisotopic (exact) mass is 401 g/mol. The van der Waals surface area contributed by atoms with Crippen LogP contribution in [0.15, 0.2) is 48.5 Å². The van der Waals surface area contributed by atoms with Gasteiger partial charge in [-0.15, -0.1) is 0 Å². The molecule has 0 saturated carbocycles. The highest BCUT2D eigenvalue weighted by Crippen LogP contribution is 2.26. The van der Waals surface area contributed by atoms with Crippen molar-refractivity contribution in [2.45, 2.75) is 6.42 Å². The zero-order chi connectivity index (χ0) is 20.8. The molecular formula is C21H22F3N5. The third kappa shape index (κ3) is 5.45. The van der Waals surface area contributed by atoms with Crippen LogP contribution in [0.5, 0.6) is 0 Å². The number of hydrogen-bond acceptors (Lipinski definition) is 5.